The molecule has 0 unspecified atom stereocenters. The molecule has 0 spiro atoms. The molecule has 0 radical (unpaired) electrons. The van der Waals surface area contributed by atoms with Crippen molar-refractivity contribution < 1.29 is 9.36 Å². The molecule has 1 rings (SSSR count). The molecule has 0 aliphatic rings. The Kier molecular flexibility index (Phi) is 4.57. The van der Waals surface area contributed by atoms with E-state index in [2.05, 4.69) is 5.32 Å². The van der Waals surface area contributed by atoms with Crippen LogP contribution < -0.4 is 5.32 Å². The van der Waals surface area contributed by atoms with Gasteiger partial charge in [-0.15, -0.1) is 11.6 Å². The minimum absolute atomic E-state index is 0.122. The van der Waals surface area contributed by atoms with Gasteiger partial charge in [-0.25, -0.2) is 0 Å². The third-order valence-electron chi connectivity index (χ3n) is 2.16. The van der Waals surface area contributed by atoms with Crippen LogP contribution >= 0.6 is 18.7 Å². The Morgan fingerprint density at radius 2 is 1.94 bits per heavy atom. The number of carbonyl (C=O) groups excluding carboxylic acids is 1. The first kappa shape index (κ1) is 13.3. The smallest absolute Gasteiger partial charge is 0.235 e. The van der Waals surface area contributed by atoms with E-state index in [1.807, 2.05) is 30.3 Å². The molecule has 3 nitrogen and oxygen atoms in total. The topological polar surface area (TPSA) is 46.2 Å². The Labute approximate surface area is 101 Å². The van der Waals surface area contributed by atoms with E-state index in [0.29, 0.717) is 0 Å². The number of rotatable bonds is 4. The molecule has 0 fully saturated rings. The molecule has 0 aliphatic carbocycles. The first-order chi connectivity index (χ1) is 7.45. The van der Waals surface area contributed by atoms with Crippen molar-refractivity contribution >= 4 is 24.7 Å². The van der Waals surface area contributed by atoms with Crippen LogP contribution in [0.15, 0.2) is 30.3 Å². The molecule has 16 heavy (non-hydrogen) atoms. The molecule has 5 heteroatoms. The van der Waals surface area contributed by atoms with Gasteiger partial charge in [0, 0.05) is 0 Å². The minimum atomic E-state index is -2.46. The van der Waals surface area contributed by atoms with Crippen LogP contribution in [0.1, 0.15) is 11.3 Å². The molecule has 1 N–H and O–H groups in total. The van der Waals surface area contributed by atoms with E-state index in [0.717, 1.165) is 5.56 Å². The highest BCUT2D eigenvalue weighted by molar-refractivity contribution is 7.62. The molecule has 0 heterocycles. The Hall–Kier alpha value is -0.790. The lowest BCUT2D eigenvalue weighted by Gasteiger charge is -2.22. The summed E-state index contributed by atoms with van der Waals surface area (Å²) >= 11 is 5.43. The van der Waals surface area contributed by atoms with Gasteiger partial charge < -0.3 is 9.88 Å². The van der Waals surface area contributed by atoms with Crippen molar-refractivity contribution in [2.45, 2.75) is 5.78 Å². The van der Waals surface area contributed by atoms with Crippen LogP contribution in [0, 0.1) is 0 Å². The van der Waals surface area contributed by atoms with Crippen LogP contribution in [0.4, 0.5) is 0 Å². The second kappa shape index (κ2) is 5.51. The largest absolute Gasteiger partial charge is 0.341 e. The van der Waals surface area contributed by atoms with Crippen molar-refractivity contribution in [2.24, 2.45) is 0 Å². The van der Waals surface area contributed by atoms with Crippen LogP contribution in [0.25, 0.3) is 0 Å². The van der Waals surface area contributed by atoms with E-state index in [4.69, 9.17) is 11.6 Å². The molecule has 1 aromatic carbocycles. The minimum Gasteiger partial charge on any atom is -0.341 e. The summed E-state index contributed by atoms with van der Waals surface area (Å²) in [5, 5.41) is 2.69. The number of alkyl halides is 1. The van der Waals surface area contributed by atoms with Gasteiger partial charge in [-0.05, 0) is 18.9 Å². The van der Waals surface area contributed by atoms with Gasteiger partial charge in [0.25, 0.3) is 0 Å². The van der Waals surface area contributed by atoms with Crippen LogP contribution in [-0.4, -0.2) is 25.1 Å². The van der Waals surface area contributed by atoms with E-state index in [9.17, 15) is 9.36 Å². The molecule has 0 saturated carbocycles. The fourth-order valence-electron chi connectivity index (χ4n) is 1.42. The molecular weight excluding hydrogens is 245 g/mol. The highest BCUT2D eigenvalue weighted by atomic mass is 35.5. The van der Waals surface area contributed by atoms with Gasteiger partial charge in [0.2, 0.25) is 5.91 Å². The predicted octanol–water partition coefficient (Wildman–Crippen LogP) is 2.66. The predicted molar refractivity (Wildman–Crippen MR) is 67.5 cm³/mol. The average Bonchev–Trinajstić information content (AvgIpc) is 2.25. The number of nitrogens with one attached hydrogen (secondary N) is 1. The molecule has 88 valence electrons. The summed E-state index contributed by atoms with van der Waals surface area (Å²) < 4.78 is 12.1. The fourth-order valence-corrected chi connectivity index (χ4v) is 2.85. The Balaban J connectivity index is 2.98. The van der Waals surface area contributed by atoms with Crippen molar-refractivity contribution in [2.75, 3.05) is 19.2 Å². The van der Waals surface area contributed by atoms with Gasteiger partial charge in [0.15, 0.2) is 0 Å². The fraction of sp³-hybridized carbons (Fsp3) is 0.364. The zero-order valence-electron chi connectivity index (χ0n) is 9.31. The summed E-state index contributed by atoms with van der Waals surface area (Å²) in [6.07, 6.45) is 0. The molecule has 0 aromatic heterocycles. The maximum atomic E-state index is 12.1. The standard InChI is InChI=1S/C11H15ClNO2P/c1-16(2,15)11(13-10(14)8-12)9-6-4-3-5-7-9/h3-7,11H,8H2,1-2H3,(H,13,14)/t11-/m1/s1. The van der Waals surface area contributed by atoms with E-state index in [1.165, 1.54) is 0 Å². The van der Waals surface area contributed by atoms with E-state index in [1.54, 1.807) is 13.3 Å². The Morgan fingerprint density at radius 1 is 1.38 bits per heavy atom. The van der Waals surface area contributed by atoms with Crippen LogP contribution in [0.3, 0.4) is 0 Å². The van der Waals surface area contributed by atoms with E-state index < -0.39 is 12.9 Å². The molecule has 1 atom stereocenters. The highest BCUT2D eigenvalue weighted by Gasteiger charge is 2.26. The average molecular weight is 260 g/mol. The van der Waals surface area contributed by atoms with Crippen molar-refractivity contribution in [3.8, 4) is 0 Å². The lowest BCUT2D eigenvalue weighted by Crippen LogP contribution is -2.29. The Bertz CT molecular complexity index is 402. The van der Waals surface area contributed by atoms with Gasteiger partial charge in [0.1, 0.15) is 18.8 Å². The van der Waals surface area contributed by atoms with Gasteiger partial charge >= 0.3 is 0 Å². The Morgan fingerprint density at radius 3 is 2.38 bits per heavy atom. The summed E-state index contributed by atoms with van der Waals surface area (Å²) in [7, 11) is -2.46. The number of hydrogen-bond donors (Lipinski definition) is 1. The molecule has 0 saturated heterocycles. The van der Waals surface area contributed by atoms with Crippen LogP contribution in [-0.2, 0) is 9.36 Å². The number of amides is 1. The summed E-state index contributed by atoms with van der Waals surface area (Å²) in [5.41, 5.74) is 0.842. The third kappa shape index (κ3) is 3.66. The van der Waals surface area contributed by atoms with E-state index in [-0.39, 0.29) is 11.8 Å². The number of benzene rings is 1. The monoisotopic (exact) mass is 259 g/mol. The maximum Gasteiger partial charge on any atom is 0.235 e. The van der Waals surface area contributed by atoms with Crippen LogP contribution in [0.5, 0.6) is 0 Å². The summed E-state index contributed by atoms with van der Waals surface area (Å²) in [6.45, 7) is 3.30. The van der Waals surface area contributed by atoms with E-state index >= 15 is 0 Å². The van der Waals surface area contributed by atoms with Gasteiger partial charge in [0.05, 0.1) is 0 Å². The van der Waals surface area contributed by atoms with Gasteiger partial charge in [-0.2, -0.15) is 0 Å². The normalized spacial score (nSPS) is 13.2. The molecule has 0 aliphatic heterocycles. The first-order valence-electron chi connectivity index (χ1n) is 4.90. The number of halogens is 1. The zero-order valence-corrected chi connectivity index (χ0v) is 11.0. The first-order valence-corrected chi connectivity index (χ1v) is 8.10. The second-order valence-electron chi connectivity index (χ2n) is 3.95. The SMILES string of the molecule is CP(C)(=O)[C@@H](NC(=O)CCl)c1ccccc1. The quantitative estimate of drug-likeness (QED) is 0.667. The molecular formula is C11H15ClNO2P. The number of hydrogen-bond acceptors (Lipinski definition) is 2. The van der Waals surface area contributed by atoms with Gasteiger partial charge in [-0.1, -0.05) is 30.3 Å². The van der Waals surface area contributed by atoms with Crippen molar-refractivity contribution in [3.63, 3.8) is 0 Å². The van der Waals surface area contributed by atoms with Crippen molar-refractivity contribution in [1.29, 1.82) is 0 Å². The van der Waals surface area contributed by atoms with Gasteiger partial charge in [-0.3, -0.25) is 4.79 Å². The number of carbonyl (C=O) groups is 1. The van der Waals surface area contributed by atoms with Crippen LogP contribution in [0.2, 0.25) is 0 Å². The lowest BCUT2D eigenvalue weighted by atomic mass is 10.2. The third-order valence-corrected chi connectivity index (χ3v) is 4.07. The molecule has 1 amide bonds. The zero-order chi connectivity index (χ0) is 12.2. The summed E-state index contributed by atoms with van der Waals surface area (Å²) in [6, 6.07) is 9.27. The summed E-state index contributed by atoms with van der Waals surface area (Å²) in [5.74, 6) is -0.886. The summed E-state index contributed by atoms with van der Waals surface area (Å²) in [4.78, 5) is 11.3. The molecule has 1 aromatic rings. The van der Waals surface area contributed by atoms with Crippen molar-refractivity contribution in [1.82, 2.24) is 5.32 Å². The van der Waals surface area contributed by atoms with Crippen molar-refractivity contribution in [3.05, 3.63) is 35.9 Å². The second-order valence-corrected chi connectivity index (χ2v) is 7.60. The molecule has 0 bridgehead atoms. The highest BCUT2D eigenvalue weighted by Crippen LogP contribution is 2.50. The maximum absolute atomic E-state index is 12.1. The lowest BCUT2D eigenvalue weighted by molar-refractivity contribution is -0.118.